The summed E-state index contributed by atoms with van der Waals surface area (Å²) in [5.74, 6) is -0.690. The van der Waals surface area contributed by atoms with Crippen molar-refractivity contribution in [3.05, 3.63) is 76.0 Å². The lowest BCUT2D eigenvalue weighted by molar-refractivity contribution is 0.102. The number of thiazole rings is 1. The summed E-state index contributed by atoms with van der Waals surface area (Å²) in [5, 5.41) is 11.6. The molecule has 0 aliphatic carbocycles. The fourth-order valence-electron chi connectivity index (χ4n) is 2.67. The number of sulfonamides is 1. The molecular formula is C21H19FN4O3S2. The van der Waals surface area contributed by atoms with Gasteiger partial charge in [-0.3, -0.25) is 10.1 Å². The first-order chi connectivity index (χ1) is 14.8. The Labute approximate surface area is 183 Å². The molecule has 0 fully saturated rings. The number of aromatic nitrogens is 1. The van der Waals surface area contributed by atoms with E-state index in [1.165, 1.54) is 41.7 Å². The number of hydrogen-bond donors (Lipinski definition) is 2. The lowest BCUT2D eigenvalue weighted by atomic mass is 10.1. The normalized spacial score (nSPS) is 11.1. The zero-order valence-corrected chi connectivity index (χ0v) is 18.2. The Bertz CT molecular complexity index is 1230. The van der Waals surface area contributed by atoms with Crippen LogP contribution in [0.5, 0.6) is 0 Å². The predicted molar refractivity (Wildman–Crippen MR) is 116 cm³/mol. The van der Waals surface area contributed by atoms with Gasteiger partial charge in [-0.05, 0) is 48.4 Å². The van der Waals surface area contributed by atoms with E-state index in [1.807, 2.05) is 12.1 Å². The molecule has 0 aliphatic rings. The highest BCUT2D eigenvalue weighted by molar-refractivity contribution is 7.89. The number of nitrogens with one attached hydrogen (secondary N) is 2. The number of anilines is 1. The van der Waals surface area contributed by atoms with Crippen molar-refractivity contribution in [1.82, 2.24) is 9.71 Å². The molecular weight excluding hydrogens is 439 g/mol. The Hall–Kier alpha value is -3.13. The molecule has 0 bridgehead atoms. The maximum atomic E-state index is 13.7. The molecule has 10 heteroatoms. The number of amides is 1. The molecule has 0 unspecified atom stereocenters. The average molecular weight is 459 g/mol. The summed E-state index contributed by atoms with van der Waals surface area (Å²) < 4.78 is 40.3. The topological polar surface area (TPSA) is 112 Å². The number of halogens is 1. The SMILES string of the molecule is Cc1ccc(Cc2cnc(NC(=O)c3ccc(S(=O)(=O)NCCC#N)cc3)s2)cc1F. The summed E-state index contributed by atoms with van der Waals surface area (Å²) in [6, 6.07) is 12.4. The van der Waals surface area contributed by atoms with Gasteiger partial charge in [0, 0.05) is 36.0 Å². The highest BCUT2D eigenvalue weighted by atomic mass is 32.2. The van der Waals surface area contributed by atoms with Crippen LogP contribution in [0.4, 0.5) is 9.52 Å². The first-order valence-corrected chi connectivity index (χ1v) is 11.6. The fraction of sp³-hybridized carbons (Fsp3) is 0.190. The monoisotopic (exact) mass is 458 g/mol. The number of benzene rings is 2. The number of hydrogen-bond acceptors (Lipinski definition) is 6. The van der Waals surface area contributed by atoms with E-state index < -0.39 is 15.9 Å². The molecule has 0 saturated heterocycles. The molecule has 3 rings (SSSR count). The Morgan fingerprint density at radius 1 is 1.23 bits per heavy atom. The molecule has 7 nitrogen and oxygen atoms in total. The number of aryl methyl sites for hydroxylation is 1. The van der Waals surface area contributed by atoms with Crippen LogP contribution in [0.1, 0.15) is 32.8 Å². The van der Waals surface area contributed by atoms with Gasteiger partial charge in [0.05, 0.1) is 11.0 Å². The second-order valence-electron chi connectivity index (χ2n) is 6.68. The van der Waals surface area contributed by atoms with Gasteiger partial charge in [0.2, 0.25) is 10.0 Å². The minimum absolute atomic E-state index is 0.00357. The van der Waals surface area contributed by atoms with Gasteiger partial charge in [0.1, 0.15) is 5.82 Å². The summed E-state index contributed by atoms with van der Waals surface area (Å²) in [6.07, 6.45) is 2.19. The van der Waals surface area contributed by atoms with Crippen molar-refractivity contribution in [2.45, 2.75) is 24.7 Å². The van der Waals surface area contributed by atoms with Gasteiger partial charge in [-0.25, -0.2) is 22.5 Å². The van der Waals surface area contributed by atoms with E-state index in [0.717, 1.165) is 10.4 Å². The molecule has 0 radical (unpaired) electrons. The molecule has 1 heterocycles. The fourth-order valence-corrected chi connectivity index (χ4v) is 4.55. The van der Waals surface area contributed by atoms with Crippen LogP contribution in [0.2, 0.25) is 0 Å². The number of carbonyl (C=O) groups is 1. The molecule has 0 atom stereocenters. The van der Waals surface area contributed by atoms with Crippen molar-refractivity contribution >= 4 is 32.4 Å². The Morgan fingerprint density at radius 2 is 1.97 bits per heavy atom. The Balaban J connectivity index is 1.63. The van der Waals surface area contributed by atoms with E-state index in [4.69, 9.17) is 5.26 Å². The van der Waals surface area contributed by atoms with E-state index >= 15 is 0 Å². The molecule has 160 valence electrons. The summed E-state index contributed by atoms with van der Waals surface area (Å²) in [4.78, 5) is 17.5. The number of nitriles is 1. The molecule has 2 aromatic carbocycles. The maximum absolute atomic E-state index is 13.7. The molecule has 0 spiro atoms. The second kappa shape index (κ2) is 9.78. The van der Waals surface area contributed by atoms with E-state index in [0.29, 0.717) is 17.1 Å². The van der Waals surface area contributed by atoms with Crippen LogP contribution in [-0.2, 0) is 16.4 Å². The van der Waals surface area contributed by atoms with E-state index in [-0.39, 0.29) is 29.2 Å². The van der Waals surface area contributed by atoms with Crippen LogP contribution in [0.15, 0.2) is 53.6 Å². The van der Waals surface area contributed by atoms with Crippen molar-refractivity contribution in [3.8, 4) is 6.07 Å². The first kappa shape index (κ1) is 22.6. The zero-order chi connectivity index (χ0) is 22.4. The molecule has 0 aliphatic heterocycles. The van der Waals surface area contributed by atoms with Crippen LogP contribution >= 0.6 is 11.3 Å². The van der Waals surface area contributed by atoms with E-state index in [2.05, 4.69) is 15.0 Å². The minimum atomic E-state index is -3.74. The van der Waals surface area contributed by atoms with Crippen LogP contribution in [0.3, 0.4) is 0 Å². The van der Waals surface area contributed by atoms with Crippen LogP contribution in [-0.4, -0.2) is 25.9 Å². The lowest BCUT2D eigenvalue weighted by Gasteiger charge is -2.06. The lowest BCUT2D eigenvalue weighted by Crippen LogP contribution is -2.24. The average Bonchev–Trinajstić information content (AvgIpc) is 3.17. The number of rotatable bonds is 8. The van der Waals surface area contributed by atoms with Crippen molar-refractivity contribution in [3.63, 3.8) is 0 Å². The smallest absolute Gasteiger partial charge is 0.257 e. The van der Waals surface area contributed by atoms with E-state index in [1.54, 1.807) is 19.2 Å². The third kappa shape index (κ3) is 5.95. The molecule has 3 aromatic rings. The standard InChI is InChI=1S/C21H19FN4O3S2/c1-14-3-4-15(12-19(14)22)11-17-13-24-21(30-17)26-20(27)16-5-7-18(8-6-16)31(28,29)25-10-2-9-23/h3-8,12-13,25H,2,10-11H2,1H3,(H,24,26,27). The predicted octanol–water partition coefficient (Wildman–Crippen LogP) is 3.63. The van der Waals surface area contributed by atoms with Gasteiger partial charge in [-0.1, -0.05) is 12.1 Å². The van der Waals surface area contributed by atoms with Crippen molar-refractivity contribution in [2.24, 2.45) is 0 Å². The highest BCUT2D eigenvalue weighted by Crippen LogP contribution is 2.23. The minimum Gasteiger partial charge on any atom is -0.298 e. The van der Waals surface area contributed by atoms with Gasteiger partial charge in [-0.15, -0.1) is 11.3 Å². The first-order valence-electron chi connectivity index (χ1n) is 9.26. The van der Waals surface area contributed by atoms with Crippen molar-refractivity contribution < 1.29 is 17.6 Å². The molecule has 0 saturated carbocycles. The van der Waals surface area contributed by atoms with Crippen LogP contribution < -0.4 is 10.0 Å². The van der Waals surface area contributed by atoms with Gasteiger partial charge in [0.15, 0.2) is 5.13 Å². The summed E-state index contributed by atoms with van der Waals surface area (Å²) >= 11 is 1.28. The van der Waals surface area contributed by atoms with Crippen molar-refractivity contribution in [1.29, 1.82) is 5.26 Å². The number of carbonyl (C=O) groups excluding carboxylic acids is 1. The summed E-state index contributed by atoms with van der Waals surface area (Å²) in [5.41, 5.74) is 1.66. The third-order valence-corrected chi connectivity index (χ3v) is 6.73. The van der Waals surface area contributed by atoms with Gasteiger partial charge < -0.3 is 0 Å². The molecule has 1 aromatic heterocycles. The maximum Gasteiger partial charge on any atom is 0.257 e. The van der Waals surface area contributed by atoms with Crippen molar-refractivity contribution in [2.75, 3.05) is 11.9 Å². The van der Waals surface area contributed by atoms with E-state index in [9.17, 15) is 17.6 Å². The van der Waals surface area contributed by atoms with Gasteiger partial charge in [-0.2, -0.15) is 5.26 Å². The Morgan fingerprint density at radius 3 is 2.65 bits per heavy atom. The van der Waals surface area contributed by atoms with Crippen LogP contribution in [0, 0.1) is 24.1 Å². The molecule has 1 amide bonds. The third-order valence-electron chi connectivity index (χ3n) is 4.34. The highest BCUT2D eigenvalue weighted by Gasteiger charge is 2.15. The van der Waals surface area contributed by atoms with Gasteiger partial charge in [0.25, 0.3) is 5.91 Å². The number of nitrogens with zero attached hydrogens (tertiary/aromatic N) is 2. The summed E-state index contributed by atoms with van der Waals surface area (Å²) in [6.45, 7) is 1.72. The largest absolute Gasteiger partial charge is 0.298 e. The second-order valence-corrected chi connectivity index (χ2v) is 9.56. The zero-order valence-electron chi connectivity index (χ0n) is 16.6. The molecule has 2 N–H and O–H groups in total. The van der Waals surface area contributed by atoms with Gasteiger partial charge >= 0.3 is 0 Å². The molecule has 31 heavy (non-hydrogen) atoms. The van der Waals surface area contributed by atoms with Crippen LogP contribution in [0.25, 0.3) is 0 Å². The quantitative estimate of drug-likeness (QED) is 0.501. The Kier molecular flexibility index (Phi) is 7.12. The summed E-state index contributed by atoms with van der Waals surface area (Å²) in [7, 11) is -3.74.